The monoisotopic (exact) mass is 525 g/mol. The Kier molecular flexibility index (Phi) is 4.58. The predicted octanol–water partition coefficient (Wildman–Crippen LogP) is 10.0. The van der Waals surface area contributed by atoms with Gasteiger partial charge in [-0.2, -0.15) is 0 Å². The first-order valence-corrected chi connectivity index (χ1v) is 13.8. The average Bonchev–Trinajstić information content (AvgIpc) is 3.62. The summed E-state index contributed by atoms with van der Waals surface area (Å²) in [4.78, 5) is 7.08. The highest BCUT2D eigenvalue weighted by Gasteiger charge is 2.29. The van der Waals surface area contributed by atoms with Crippen LogP contribution in [0.15, 0.2) is 144 Å². The summed E-state index contributed by atoms with van der Waals surface area (Å²) in [6.45, 7) is 0. The molecule has 3 heterocycles. The van der Waals surface area contributed by atoms with E-state index in [-0.39, 0.29) is 0 Å². The number of para-hydroxylation sites is 6. The molecule has 0 radical (unpaired) electrons. The fraction of sp³-hybridized carbons (Fsp3) is 0. The fourth-order valence-electron chi connectivity index (χ4n) is 6.29. The first-order valence-electron chi connectivity index (χ1n) is 13.8. The number of nitrogens with zero attached hydrogens (tertiary/aromatic N) is 3. The van der Waals surface area contributed by atoms with E-state index in [0.717, 1.165) is 33.6 Å². The van der Waals surface area contributed by atoms with Crippen molar-refractivity contribution in [3.05, 3.63) is 140 Å². The summed E-state index contributed by atoms with van der Waals surface area (Å²) < 4.78 is 8.45. The first-order chi connectivity index (χ1) is 20.3. The molecule has 8 aromatic rings. The second-order valence-corrected chi connectivity index (χ2v) is 10.5. The van der Waals surface area contributed by atoms with Crippen LogP contribution >= 0.6 is 0 Å². The Hall–Kier alpha value is -5.61. The molecule has 0 spiro atoms. The third-order valence-electron chi connectivity index (χ3n) is 8.13. The van der Waals surface area contributed by atoms with Crippen molar-refractivity contribution in [1.82, 2.24) is 9.55 Å². The molecule has 6 aromatic carbocycles. The molecule has 192 valence electrons. The van der Waals surface area contributed by atoms with Crippen LogP contribution in [0.5, 0.6) is 0 Å². The number of aromatic nitrogens is 2. The van der Waals surface area contributed by atoms with Crippen molar-refractivity contribution in [2.75, 3.05) is 4.90 Å². The minimum absolute atomic E-state index is 0.637. The summed E-state index contributed by atoms with van der Waals surface area (Å²) in [5.41, 5.74) is 12.0. The smallest absolute Gasteiger partial charge is 0.227 e. The molecule has 0 atom stereocenters. The lowest BCUT2D eigenvalue weighted by molar-refractivity contribution is 0.620. The number of anilines is 3. The van der Waals surface area contributed by atoms with E-state index in [9.17, 15) is 0 Å². The van der Waals surface area contributed by atoms with Crippen molar-refractivity contribution in [3.63, 3.8) is 0 Å². The van der Waals surface area contributed by atoms with Crippen molar-refractivity contribution in [3.8, 4) is 28.3 Å². The second-order valence-electron chi connectivity index (χ2n) is 10.5. The highest BCUT2D eigenvalue weighted by Crippen LogP contribution is 2.50. The van der Waals surface area contributed by atoms with E-state index < -0.39 is 0 Å². The SMILES string of the molecule is c1ccc(N2c3ccccc3-n3c4ccccc4c4cc(-c5ccc(-c6nc7ccccc7o6)cc5)cc2c43)cc1. The van der Waals surface area contributed by atoms with Crippen molar-refractivity contribution in [1.29, 1.82) is 0 Å². The summed E-state index contributed by atoms with van der Waals surface area (Å²) >= 11 is 0. The van der Waals surface area contributed by atoms with Crippen molar-refractivity contribution in [2.45, 2.75) is 0 Å². The van der Waals surface area contributed by atoms with E-state index >= 15 is 0 Å². The molecule has 1 aliphatic rings. The van der Waals surface area contributed by atoms with Crippen LogP contribution in [-0.2, 0) is 0 Å². The standard InChI is InChI=1S/C37H23N3O/c1-2-10-27(11-3-1)39-32-15-7-8-16-33(32)40-31-14-6-4-12-28(31)29-22-26(23-34(39)36(29)40)24-18-20-25(21-19-24)37-38-30-13-5-9-17-35(30)41-37/h1-23H. The lowest BCUT2D eigenvalue weighted by atomic mass is 9.98. The Morgan fingerprint density at radius 3 is 2.07 bits per heavy atom. The molecule has 4 nitrogen and oxygen atoms in total. The van der Waals surface area contributed by atoms with Crippen molar-refractivity contribution < 1.29 is 4.42 Å². The van der Waals surface area contributed by atoms with Crippen LogP contribution in [0.2, 0.25) is 0 Å². The van der Waals surface area contributed by atoms with E-state index in [4.69, 9.17) is 4.42 Å². The molecular weight excluding hydrogens is 502 g/mol. The van der Waals surface area contributed by atoms with Gasteiger partial charge in [0.25, 0.3) is 0 Å². The second kappa shape index (κ2) is 8.44. The summed E-state index contributed by atoms with van der Waals surface area (Å²) in [5, 5.41) is 2.49. The number of hydrogen-bond donors (Lipinski definition) is 0. The maximum atomic E-state index is 6.03. The molecule has 41 heavy (non-hydrogen) atoms. The van der Waals surface area contributed by atoms with Crippen LogP contribution in [0.4, 0.5) is 17.1 Å². The van der Waals surface area contributed by atoms with Crippen LogP contribution in [0.3, 0.4) is 0 Å². The highest BCUT2D eigenvalue weighted by atomic mass is 16.3. The van der Waals surface area contributed by atoms with Crippen LogP contribution in [0.25, 0.3) is 61.2 Å². The number of oxazole rings is 1. The van der Waals surface area contributed by atoms with Gasteiger partial charge in [-0.1, -0.05) is 72.8 Å². The fourth-order valence-corrected chi connectivity index (χ4v) is 6.29. The molecule has 0 unspecified atom stereocenters. The first kappa shape index (κ1) is 22.2. The normalized spacial score (nSPS) is 12.3. The Morgan fingerprint density at radius 2 is 1.22 bits per heavy atom. The van der Waals surface area contributed by atoms with Gasteiger partial charge in [0.05, 0.1) is 28.1 Å². The van der Waals surface area contributed by atoms with Gasteiger partial charge in [0, 0.05) is 22.0 Å². The van der Waals surface area contributed by atoms with Gasteiger partial charge in [-0.3, -0.25) is 0 Å². The number of benzene rings is 6. The molecular formula is C37H23N3O. The summed E-state index contributed by atoms with van der Waals surface area (Å²) in [6.07, 6.45) is 0. The number of rotatable bonds is 3. The van der Waals surface area contributed by atoms with Gasteiger partial charge in [0.1, 0.15) is 5.52 Å². The molecule has 0 aliphatic carbocycles. The van der Waals surface area contributed by atoms with E-state index in [1.165, 1.54) is 38.7 Å². The number of hydrogen-bond acceptors (Lipinski definition) is 3. The zero-order chi connectivity index (χ0) is 26.9. The Morgan fingerprint density at radius 1 is 0.512 bits per heavy atom. The van der Waals surface area contributed by atoms with Gasteiger partial charge >= 0.3 is 0 Å². The summed E-state index contributed by atoms with van der Waals surface area (Å²) in [7, 11) is 0. The van der Waals surface area contributed by atoms with Crippen LogP contribution in [0, 0.1) is 0 Å². The molecule has 0 saturated heterocycles. The third kappa shape index (κ3) is 3.25. The van der Waals surface area contributed by atoms with Gasteiger partial charge < -0.3 is 13.9 Å². The van der Waals surface area contributed by atoms with Crippen molar-refractivity contribution in [2.24, 2.45) is 0 Å². The highest BCUT2D eigenvalue weighted by molar-refractivity contribution is 6.18. The zero-order valence-corrected chi connectivity index (χ0v) is 22.0. The molecule has 4 heteroatoms. The van der Waals surface area contributed by atoms with E-state index in [1.807, 2.05) is 24.3 Å². The Bertz CT molecular complexity index is 2230. The quantitative estimate of drug-likeness (QED) is 0.230. The van der Waals surface area contributed by atoms with Gasteiger partial charge in [-0.05, 0) is 77.9 Å². The maximum Gasteiger partial charge on any atom is 0.227 e. The number of fused-ring (bicyclic) bond motifs is 6. The van der Waals surface area contributed by atoms with Crippen LogP contribution < -0.4 is 4.90 Å². The minimum Gasteiger partial charge on any atom is -0.436 e. The largest absolute Gasteiger partial charge is 0.436 e. The average molecular weight is 526 g/mol. The molecule has 0 bridgehead atoms. The summed E-state index contributed by atoms with van der Waals surface area (Å²) in [6, 6.07) is 49.1. The molecule has 0 amide bonds. The molecule has 0 fully saturated rings. The van der Waals surface area contributed by atoms with E-state index in [1.54, 1.807) is 0 Å². The summed E-state index contributed by atoms with van der Waals surface area (Å²) in [5.74, 6) is 0.637. The topological polar surface area (TPSA) is 34.2 Å². The van der Waals surface area contributed by atoms with Gasteiger partial charge in [0.2, 0.25) is 5.89 Å². The van der Waals surface area contributed by atoms with Gasteiger partial charge in [-0.25, -0.2) is 4.98 Å². The van der Waals surface area contributed by atoms with Gasteiger partial charge in [0.15, 0.2) is 5.58 Å². The molecule has 9 rings (SSSR count). The van der Waals surface area contributed by atoms with Crippen LogP contribution in [-0.4, -0.2) is 9.55 Å². The maximum absolute atomic E-state index is 6.03. The lowest BCUT2D eigenvalue weighted by Crippen LogP contribution is -2.18. The van der Waals surface area contributed by atoms with Gasteiger partial charge in [-0.15, -0.1) is 0 Å². The predicted molar refractivity (Wildman–Crippen MR) is 167 cm³/mol. The van der Waals surface area contributed by atoms with E-state index in [0.29, 0.717) is 5.89 Å². The van der Waals surface area contributed by atoms with E-state index in [2.05, 4.69) is 130 Å². The molecule has 0 N–H and O–H groups in total. The zero-order valence-electron chi connectivity index (χ0n) is 22.0. The third-order valence-corrected chi connectivity index (χ3v) is 8.13. The lowest BCUT2D eigenvalue weighted by Gasteiger charge is -2.33. The van der Waals surface area contributed by atoms with Crippen LogP contribution in [0.1, 0.15) is 0 Å². The molecule has 2 aromatic heterocycles. The molecule has 0 saturated carbocycles. The Balaban J connectivity index is 1.28. The minimum atomic E-state index is 0.637. The Labute approximate surface area is 236 Å². The molecule has 1 aliphatic heterocycles. The van der Waals surface area contributed by atoms with Crippen molar-refractivity contribution >= 4 is 50.0 Å².